The molecule has 0 fully saturated rings. The molecule has 0 spiro atoms. The Kier molecular flexibility index (Phi) is 5.97. The first-order valence-corrected chi connectivity index (χ1v) is 10.9. The van der Waals surface area contributed by atoms with Crippen LogP contribution in [0.3, 0.4) is 0 Å². The van der Waals surface area contributed by atoms with Gasteiger partial charge in [0.2, 0.25) is 0 Å². The highest BCUT2D eigenvalue weighted by atomic mass is 32.1. The lowest BCUT2D eigenvalue weighted by atomic mass is 9.69. The second-order valence-electron chi connectivity index (χ2n) is 8.54. The van der Waals surface area contributed by atoms with E-state index in [1.165, 1.54) is 35.3 Å². The van der Waals surface area contributed by atoms with Gasteiger partial charge in [0.05, 0.1) is 12.2 Å². The van der Waals surface area contributed by atoms with Gasteiger partial charge >= 0.3 is 5.97 Å². The Morgan fingerprint density at radius 2 is 2.04 bits per heavy atom. The highest BCUT2D eigenvalue weighted by Gasteiger charge is 2.39. The van der Waals surface area contributed by atoms with Crippen molar-refractivity contribution in [1.29, 1.82) is 0 Å². The molecule has 0 N–H and O–H groups in total. The summed E-state index contributed by atoms with van der Waals surface area (Å²) in [6.07, 6.45) is 10.1. The van der Waals surface area contributed by atoms with Gasteiger partial charge < -0.3 is 9.47 Å². The van der Waals surface area contributed by atoms with Crippen molar-refractivity contribution in [1.82, 2.24) is 0 Å². The number of hydrogen-bond donors (Lipinski definition) is 0. The maximum Gasteiger partial charge on any atom is 0.340 e. The Bertz CT molecular complexity index is 763. The van der Waals surface area contributed by atoms with Gasteiger partial charge in [-0.3, -0.25) is 0 Å². The van der Waals surface area contributed by atoms with Crippen LogP contribution in [0.15, 0.2) is 18.2 Å². The Labute approximate surface area is 167 Å². The van der Waals surface area contributed by atoms with E-state index in [2.05, 4.69) is 32.1 Å². The van der Waals surface area contributed by atoms with Gasteiger partial charge in [0, 0.05) is 21.2 Å². The standard InChI is InChI=1S/C23H32O3S/c1-7-25-22(24)21(26-23(4,5)6)20-15(3)27-14(2)19(20)18-13-16-11-9-8-10-12-17(16)18/h10,12-13,16-17,21H,7-9,11H2,1-6H3. The van der Waals surface area contributed by atoms with E-state index in [-0.39, 0.29) is 5.97 Å². The molecular formula is C23H32O3S. The van der Waals surface area contributed by atoms with Crippen LogP contribution in [0.5, 0.6) is 0 Å². The fourth-order valence-electron chi connectivity index (χ4n) is 4.20. The van der Waals surface area contributed by atoms with Crippen molar-refractivity contribution in [2.45, 2.75) is 72.5 Å². The molecule has 3 unspecified atom stereocenters. The average molecular weight is 389 g/mol. The number of rotatable bonds is 5. The highest BCUT2D eigenvalue weighted by molar-refractivity contribution is 7.12. The monoisotopic (exact) mass is 388 g/mol. The van der Waals surface area contributed by atoms with E-state index in [1.807, 2.05) is 27.7 Å². The minimum atomic E-state index is -0.681. The first-order valence-electron chi connectivity index (χ1n) is 10.1. The number of carbonyl (C=O) groups excluding carboxylic acids is 1. The van der Waals surface area contributed by atoms with Crippen LogP contribution in [0.1, 0.15) is 73.9 Å². The van der Waals surface area contributed by atoms with Gasteiger partial charge in [0.25, 0.3) is 0 Å². The molecule has 4 heteroatoms. The van der Waals surface area contributed by atoms with Gasteiger partial charge in [0.1, 0.15) is 0 Å². The highest BCUT2D eigenvalue weighted by Crippen LogP contribution is 2.50. The normalized spacial score (nSPS) is 23.1. The fourth-order valence-corrected chi connectivity index (χ4v) is 5.31. The minimum absolute atomic E-state index is 0.289. The zero-order chi connectivity index (χ0) is 19.8. The van der Waals surface area contributed by atoms with Crippen LogP contribution in [0.25, 0.3) is 5.57 Å². The van der Waals surface area contributed by atoms with Crippen LogP contribution >= 0.6 is 11.3 Å². The quantitative estimate of drug-likeness (QED) is 0.448. The smallest absolute Gasteiger partial charge is 0.340 e. The molecule has 2 aliphatic carbocycles. The van der Waals surface area contributed by atoms with E-state index in [0.717, 1.165) is 10.4 Å². The summed E-state index contributed by atoms with van der Waals surface area (Å²) in [4.78, 5) is 15.2. The summed E-state index contributed by atoms with van der Waals surface area (Å²) in [5.74, 6) is 0.815. The summed E-state index contributed by atoms with van der Waals surface area (Å²) in [7, 11) is 0. The Morgan fingerprint density at radius 3 is 2.70 bits per heavy atom. The molecule has 0 saturated heterocycles. The molecule has 27 heavy (non-hydrogen) atoms. The van der Waals surface area contributed by atoms with Crippen LogP contribution < -0.4 is 0 Å². The number of aryl methyl sites for hydroxylation is 2. The van der Waals surface area contributed by atoms with Crippen LogP contribution in [0, 0.1) is 25.7 Å². The molecule has 0 aromatic carbocycles. The molecule has 3 rings (SSSR count). The first-order chi connectivity index (χ1) is 12.7. The van der Waals surface area contributed by atoms with Gasteiger partial charge in [0.15, 0.2) is 6.10 Å². The summed E-state index contributed by atoms with van der Waals surface area (Å²) in [6, 6.07) is 0. The third kappa shape index (κ3) is 4.22. The molecule has 3 nitrogen and oxygen atoms in total. The number of esters is 1. The van der Waals surface area contributed by atoms with Crippen molar-refractivity contribution in [2.75, 3.05) is 6.61 Å². The third-order valence-corrected chi connectivity index (χ3v) is 6.33. The SMILES string of the molecule is CCOC(=O)C(OC(C)(C)C)c1c(C)sc(C)c1C1=CC2CCCC=CC12. The molecule has 148 valence electrons. The summed E-state index contributed by atoms with van der Waals surface area (Å²) >= 11 is 1.76. The van der Waals surface area contributed by atoms with E-state index in [4.69, 9.17) is 9.47 Å². The summed E-state index contributed by atoms with van der Waals surface area (Å²) in [6.45, 7) is 12.4. The van der Waals surface area contributed by atoms with E-state index in [0.29, 0.717) is 18.4 Å². The molecule has 1 heterocycles. The molecule has 0 radical (unpaired) electrons. The molecular weight excluding hydrogens is 356 g/mol. The van der Waals surface area contributed by atoms with Gasteiger partial charge in [-0.15, -0.1) is 11.3 Å². The number of ether oxygens (including phenoxy) is 2. The Morgan fingerprint density at radius 1 is 1.30 bits per heavy atom. The lowest BCUT2D eigenvalue weighted by Gasteiger charge is -2.35. The topological polar surface area (TPSA) is 35.5 Å². The van der Waals surface area contributed by atoms with Crippen LogP contribution in [-0.4, -0.2) is 18.2 Å². The van der Waals surface area contributed by atoms with Gasteiger partial charge in [-0.05, 0) is 77.9 Å². The fraction of sp³-hybridized carbons (Fsp3) is 0.609. The first kappa shape index (κ1) is 20.3. The summed E-state index contributed by atoms with van der Waals surface area (Å²) < 4.78 is 11.6. The molecule has 1 aromatic rings. The minimum Gasteiger partial charge on any atom is -0.464 e. The van der Waals surface area contributed by atoms with Crippen LogP contribution in [0.2, 0.25) is 0 Å². The number of hydrogen-bond acceptors (Lipinski definition) is 4. The Balaban J connectivity index is 2.05. The largest absolute Gasteiger partial charge is 0.464 e. The molecule has 0 bridgehead atoms. The van der Waals surface area contributed by atoms with E-state index >= 15 is 0 Å². The predicted octanol–water partition coefficient (Wildman–Crippen LogP) is 6.15. The van der Waals surface area contributed by atoms with Crippen LogP contribution in [0.4, 0.5) is 0 Å². The third-order valence-electron chi connectivity index (χ3n) is 5.30. The maximum absolute atomic E-state index is 12.8. The second-order valence-corrected chi connectivity index (χ2v) is 9.96. The number of thiophene rings is 1. The van der Waals surface area contributed by atoms with Crippen molar-refractivity contribution in [3.05, 3.63) is 39.1 Å². The van der Waals surface area contributed by atoms with E-state index in [9.17, 15) is 4.79 Å². The zero-order valence-corrected chi connectivity index (χ0v) is 18.2. The number of fused-ring (bicyclic) bond motifs is 1. The van der Waals surface area contributed by atoms with Gasteiger partial charge in [-0.1, -0.05) is 18.2 Å². The lowest BCUT2D eigenvalue weighted by Crippen LogP contribution is -2.30. The van der Waals surface area contributed by atoms with Crippen molar-refractivity contribution in [3.8, 4) is 0 Å². The summed E-state index contributed by atoms with van der Waals surface area (Å²) in [5.41, 5.74) is 3.15. The summed E-state index contributed by atoms with van der Waals surface area (Å²) in [5, 5.41) is 0. The Hall–Kier alpha value is -1.39. The van der Waals surface area contributed by atoms with Crippen LogP contribution in [-0.2, 0) is 14.3 Å². The van der Waals surface area contributed by atoms with Gasteiger partial charge in [-0.25, -0.2) is 4.79 Å². The number of allylic oxidation sites excluding steroid dienone is 4. The van der Waals surface area contributed by atoms with E-state index < -0.39 is 11.7 Å². The maximum atomic E-state index is 12.8. The average Bonchev–Trinajstić information content (AvgIpc) is 2.71. The molecule has 1 aromatic heterocycles. The predicted molar refractivity (Wildman–Crippen MR) is 112 cm³/mol. The molecule has 0 aliphatic heterocycles. The lowest BCUT2D eigenvalue weighted by molar-refractivity contribution is -0.166. The van der Waals surface area contributed by atoms with Crippen molar-refractivity contribution in [3.63, 3.8) is 0 Å². The van der Waals surface area contributed by atoms with Gasteiger partial charge in [-0.2, -0.15) is 0 Å². The zero-order valence-electron chi connectivity index (χ0n) is 17.4. The van der Waals surface area contributed by atoms with E-state index in [1.54, 1.807) is 11.3 Å². The number of carbonyl (C=O) groups is 1. The molecule has 0 saturated carbocycles. The van der Waals surface area contributed by atoms with Crippen molar-refractivity contribution < 1.29 is 14.3 Å². The van der Waals surface area contributed by atoms with Crippen molar-refractivity contribution >= 4 is 22.9 Å². The molecule has 2 aliphatic rings. The second kappa shape index (κ2) is 7.92. The molecule has 3 atom stereocenters. The molecule has 0 amide bonds. The van der Waals surface area contributed by atoms with Crippen molar-refractivity contribution in [2.24, 2.45) is 11.8 Å².